The second-order valence-electron chi connectivity index (χ2n) is 5.67. The number of hydrogen-bond donors (Lipinski definition) is 3. The van der Waals surface area contributed by atoms with Gasteiger partial charge >= 0.3 is 0 Å². The van der Waals surface area contributed by atoms with Gasteiger partial charge in [-0.1, -0.05) is 35.9 Å². The summed E-state index contributed by atoms with van der Waals surface area (Å²) in [6, 6.07) is 12.3. The molecule has 0 amide bonds. The van der Waals surface area contributed by atoms with Crippen LogP contribution in [0.5, 0.6) is 0 Å². The summed E-state index contributed by atoms with van der Waals surface area (Å²) >= 11 is 6.24. The molecule has 26 heavy (non-hydrogen) atoms. The van der Waals surface area contributed by atoms with Gasteiger partial charge in [0.25, 0.3) is 0 Å². The molecule has 0 saturated carbocycles. The molecular weight excluding hydrogens is 468 g/mol. The Hall–Kier alpha value is -1.38. The van der Waals surface area contributed by atoms with Gasteiger partial charge in [-0.25, -0.2) is 9.38 Å². The van der Waals surface area contributed by atoms with Gasteiger partial charge in [-0.2, -0.15) is 0 Å². The van der Waals surface area contributed by atoms with Crippen LogP contribution in [-0.2, 0) is 13.2 Å². The molecule has 0 radical (unpaired) electrons. The minimum Gasteiger partial charge on any atom is -0.392 e. The first-order valence-electron chi connectivity index (χ1n) is 8.22. The summed E-state index contributed by atoms with van der Waals surface area (Å²) < 4.78 is 13.5. The monoisotopic (exact) mass is 491 g/mol. The molecule has 0 spiro atoms. The van der Waals surface area contributed by atoms with Crippen LogP contribution in [0.25, 0.3) is 0 Å². The number of rotatable bonds is 6. The van der Waals surface area contributed by atoms with Gasteiger partial charge in [-0.15, -0.1) is 24.0 Å². The van der Waals surface area contributed by atoms with Crippen LogP contribution in [0.3, 0.4) is 0 Å². The number of guanidine groups is 1. The third-order valence-corrected chi connectivity index (χ3v) is 4.11. The molecule has 0 saturated heterocycles. The summed E-state index contributed by atoms with van der Waals surface area (Å²) in [6.45, 7) is 4.75. The van der Waals surface area contributed by atoms with Crippen LogP contribution in [-0.4, -0.2) is 17.6 Å². The van der Waals surface area contributed by atoms with Crippen molar-refractivity contribution in [3.8, 4) is 0 Å². The number of nitrogens with zero attached hydrogens (tertiary/aromatic N) is 1. The fourth-order valence-electron chi connectivity index (χ4n) is 2.45. The Morgan fingerprint density at radius 2 is 2.00 bits per heavy atom. The summed E-state index contributed by atoms with van der Waals surface area (Å²) in [5, 5.41) is 16.4. The third kappa shape index (κ3) is 6.41. The van der Waals surface area contributed by atoms with Crippen molar-refractivity contribution in [1.82, 2.24) is 10.6 Å². The molecule has 1 atom stereocenters. The van der Waals surface area contributed by atoms with Crippen LogP contribution in [0, 0.1) is 5.82 Å². The van der Waals surface area contributed by atoms with Gasteiger partial charge in [0.15, 0.2) is 5.96 Å². The highest BCUT2D eigenvalue weighted by Crippen LogP contribution is 2.22. The molecule has 2 aromatic rings. The van der Waals surface area contributed by atoms with Crippen LogP contribution < -0.4 is 10.6 Å². The van der Waals surface area contributed by atoms with Crippen molar-refractivity contribution < 1.29 is 9.50 Å². The maximum Gasteiger partial charge on any atom is 0.192 e. The Labute approximate surface area is 175 Å². The van der Waals surface area contributed by atoms with E-state index in [-0.39, 0.29) is 42.2 Å². The fraction of sp³-hybridized carbons (Fsp3) is 0.316. The predicted octanol–water partition coefficient (Wildman–Crippen LogP) is 4.41. The van der Waals surface area contributed by atoms with Crippen LogP contribution >= 0.6 is 35.6 Å². The quantitative estimate of drug-likeness (QED) is 0.319. The van der Waals surface area contributed by atoms with Gasteiger partial charge < -0.3 is 15.7 Å². The molecule has 0 fully saturated rings. The Bertz CT molecular complexity index is 742. The molecule has 4 nitrogen and oxygen atoms in total. The molecular formula is C19H24ClFIN3O. The zero-order chi connectivity index (χ0) is 18.2. The van der Waals surface area contributed by atoms with Crippen molar-refractivity contribution in [2.45, 2.75) is 33.0 Å². The highest BCUT2D eigenvalue weighted by molar-refractivity contribution is 14.0. The maximum absolute atomic E-state index is 13.5. The van der Waals surface area contributed by atoms with E-state index in [1.807, 2.05) is 38.1 Å². The van der Waals surface area contributed by atoms with Crippen LogP contribution in [0.15, 0.2) is 47.5 Å². The van der Waals surface area contributed by atoms with Crippen molar-refractivity contribution in [3.05, 3.63) is 70.0 Å². The van der Waals surface area contributed by atoms with Crippen LogP contribution in [0.1, 0.15) is 36.6 Å². The van der Waals surface area contributed by atoms with Crippen LogP contribution in [0.2, 0.25) is 5.02 Å². The summed E-state index contributed by atoms with van der Waals surface area (Å²) in [4.78, 5) is 4.53. The van der Waals surface area contributed by atoms with Crippen molar-refractivity contribution in [2.75, 3.05) is 6.54 Å². The number of aliphatic hydroxyl groups excluding tert-OH is 1. The van der Waals surface area contributed by atoms with Crippen molar-refractivity contribution >= 4 is 41.5 Å². The molecule has 0 heterocycles. The fourth-order valence-corrected chi connectivity index (χ4v) is 2.75. The van der Waals surface area contributed by atoms with Crippen molar-refractivity contribution in [1.29, 1.82) is 0 Å². The van der Waals surface area contributed by atoms with Gasteiger partial charge in [0.1, 0.15) is 5.82 Å². The van der Waals surface area contributed by atoms with E-state index in [4.69, 9.17) is 16.7 Å². The van der Waals surface area contributed by atoms with E-state index in [9.17, 15) is 4.39 Å². The Morgan fingerprint density at radius 3 is 2.65 bits per heavy atom. The lowest BCUT2D eigenvalue weighted by atomic mass is 10.1. The average molecular weight is 492 g/mol. The first-order chi connectivity index (χ1) is 12.0. The lowest BCUT2D eigenvalue weighted by Crippen LogP contribution is -2.38. The largest absolute Gasteiger partial charge is 0.392 e. The van der Waals surface area contributed by atoms with E-state index >= 15 is 0 Å². The average Bonchev–Trinajstić information content (AvgIpc) is 2.61. The van der Waals surface area contributed by atoms with Gasteiger partial charge in [0.2, 0.25) is 0 Å². The Balaban J connectivity index is 0.00000338. The van der Waals surface area contributed by atoms with E-state index in [2.05, 4.69) is 15.6 Å². The molecule has 0 bridgehead atoms. The highest BCUT2D eigenvalue weighted by atomic mass is 127. The standard InChI is InChI=1S/C19H23ClFN3O.HI/c1-3-22-19(24-13(2)16-6-4-5-7-17(16)20)23-11-14-8-9-18(21)15(10-14)12-25;/h4-10,13,25H,3,11-12H2,1-2H3,(H2,22,23,24);1H. The molecule has 2 rings (SSSR count). The van der Waals surface area contributed by atoms with E-state index < -0.39 is 5.82 Å². The van der Waals surface area contributed by atoms with Crippen molar-refractivity contribution in [2.24, 2.45) is 4.99 Å². The molecule has 0 aliphatic rings. The van der Waals surface area contributed by atoms with Gasteiger partial charge in [-0.3, -0.25) is 0 Å². The molecule has 0 aromatic heterocycles. The third-order valence-electron chi connectivity index (χ3n) is 3.77. The summed E-state index contributed by atoms with van der Waals surface area (Å²) in [5.41, 5.74) is 2.09. The summed E-state index contributed by atoms with van der Waals surface area (Å²) in [5.74, 6) is 0.234. The molecule has 0 aliphatic carbocycles. The topological polar surface area (TPSA) is 56.7 Å². The molecule has 142 valence electrons. The van der Waals surface area contributed by atoms with Gasteiger partial charge in [0.05, 0.1) is 19.2 Å². The molecule has 0 aliphatic heterocycles. The zero-order valence-electron chi connectivity index (χ0n) is 14.8. The first-order valence-corrected chi connectivity index (χ1v) is 8.60. The summed E-state index contributed by atoms with van der Waals surface area (Å²) in [6.07, 6.45) is 0. The normalized spacial score (nSPS) is 12.3. The lowest BCUT2D eigenvalue weighted by Gasteiger charge is -2.19. The first kappa shape index (κ1) is 22.7. The van der Waals surface area contributed by atoms with E-state index in [1.165, 1.54) is 6.07 Å². The number of halogens is 3. The van der Waals surface area contributed by atoms with Crippen LogP contribution in [0.4, 0.5) is 4.39 Å². The minimum absolute atomic E-state index is 0. The maximum atomic E-state index is 13.5. The molecule has 1 unspecified atom stereocenters. The molecule has 7 heteroatoms. The predicted molar refractivity (Wildman–Crippen MR) is 116 cm³/mol. The van der Waals surface area contributed by atoms with E-state index in [0.29, 0.717) is 24.1 Å². The van der Waals surface area contributed by atoms with Crippen molar-refractivity contribution in [3.63, 3.8) is 0 Å². The Morgan fingerprint density at radius 1 is 1.27 bits per heavy atom. The minimum atomic E-state index is -0.410. The Kier molecular flexibility index (Phi) is 9.90. The number of aliphatic hydroxyl groups is 1. The second kappa shape index (κ2) is 11.4. The zero-order valence-corrected chi connectivity index (χ0v) is 17.9. The van der Waals surface area contributed by atoms with E-state index in [0.717, 1.165) is 11.1 Å². The highest BCUT2D eigenvalue weighted by Gasteiger charge is 2.11. The number of aliphatic imine (C=N–C) groups is 1. The smallest absolute Gasteiger partial charge is 0.192 e. The number of nitrogens with one attached hydrogen (secondary N) is 2. The van der Waals surface area contributed by atoms with E-state index in [1.54, 1.807) is 12.1 Å². The molecule has 2 aromatic carbocycles. The SMILES string of the molecule is CCNC(=NCc1ccc(F)c(CO)c1)NC(C)c1ccccc1Cl.I. The molecule has 3 N–H and O–H groups in total. The summed E-state index contributed by atoms with van der Waals surface area (Å²) in [7, 11) is 0. The number of benzene rings is 2. The second-order valence-corrected chi connectivity index (χ2v) is 6.07. The lowest BCUT2D eigenvalue weighted by molar-refractivity contribution is 0.275. The number of hydrogen-bond acceptors (Lipinski definition) is 2. The van der Waals surface area contributed by atoms with Gasteiger partial charge in [-0.05, 0) is 43.2 Å². The van der Waals surface area contributed by atoms with Gasteiger partial charge in [0, 0.05) is 17.1 Å².